The second kappa shape index (κ2) is 6.81. The fourth-order valence-corrected chi connectivity index (χ4v) is 5.64. The van der Waals surface area contributed by atoms with Crippen molar-refractivity contribution in [3.05, 3.63) is 26.7 Å². The topological polar surface area (TPSA) is 46.6 Å². The van der Waals surface area contributed by atoms with Gasteiger partial charge in [0.05, 0.1) is 22.8 Å². The van der Waals surface area contributed by atoms with Gasteiger partial charge in [-0.15, -0.1) is 0 Å². The lowest BCUT2D eigenvalue weighted by Crippen LogP contribution is -2.46. The molecule has 1 saturated heterocycles. The molecule has 1 unspecified atom stereocenters. The van der Waals surface area contributed by atoms with E-state index in [-0.39, 0.29) is 34.1 Å². The van der Waals surface area contributed by atoms with E-state index >= 15 is 0 Å². The highest BCUT2D eigenvalue weighted by Gasteiger charge is 2.33. The average molecular weight is 468 g/mol. The van der Waals surface area contributed by atoms with Crippen molar-refractivity contribution in [1.29, 1.82) is 0 Å². The minimum atomic E-state index is -3.74. The van der Waals surface area contributed by atoms with Crippen molar-refractivity contribution < 1.29 is 13.2 Å². The Hall–Kier alpha value is 0.630. The van der Waals surface area contributed by atoms with Crippen LogP contribution in [0.4, 0.5) is 0 Å². The lowest BCUT2D eigenvalue weighted by molar-refractivity contribution is 0.0137. The highest BCUT2D eigenvalue weighted by atomic mass is 79.9. The molecular weight excluding hydrogens is 457 g/mol. The summed E-state index contributed by atoms with van der Waals surface area (Å²) in [6, 6.07) is 3.03. The van der Waals surface area contributed by atoms with Gasteiger partial charge in [0.1, 0.15) is 4.90 Å². The second-order valence-electron chi connectivity index (χ2n) is 4.21. The van der Waals surface area contributed by atoms with Crippen LogP contribution < -0.4 is 0 Å². The summed E-state index contributed by atoms with van der Waals surface area (Å²) in [5.41, 5.74) is 0. The molecule has 1 atom stereocenters. The number of benzene rings is 1. The molecular formula is C11H11Br2Cl2NO3S. The van der Waals surface area contributed by atoms with Gasteiger partial charge >= 0.3 is 0 Å². The molecule has 1 aliphatic rings. The molecule has 1 fully saturated rings. The van der Waals surface area contributed by atoms with E-state index in [4.69, 9.17) is 27.9 Å². The van der Waals surface area contributed by atoms with E-state index < -0.39 is 10.0 Å². The zero-order valence-electron chi connectivity index (χ0n) is 10.2. The molecule has 0 N–H and O–H groups in total. The Morgan fingerprint density at radius 3 is 2.50 bits per heavy atom. The van der Waals surface area contributed by atoms with Crippen LogP contribution in [0, 0.1) is 0 Å². The summed E-state index contributed by atoms with van der Waals surface area (Å²) < 4.78 is 32.8. The monoisotopic (exact) mass is 465 g/mol. The summed E-state index contributed by atoms with van der Waals surface area (Å²) in [6.45, 7) is 0.909. The van der Waals surface area contributed by atoms with Crippen LogP contribution in [0.5, 0.6) is 0 Å². The number of alkyl halides is 1. The lowest BCUT2D eigenvalue weighted by atomic mass is 10.3. The largest absolute Gasteiger partial charge is 0.375 e. The zero-order chi connectivity index (χ0) is 14.9. The first-order chi connectivity index (χ1) is 9.36. The summed E-state index contributed by atoms with van der Waals surface area (Å²) in [5.74, 6) is 0. The second-order valence-corrected chi connectivity index (χ2v) is 8.46. The molecule has 4 nitrogen and oxygen atoms in total. The minimum Gasteiger partial charge on any atom is -0.375 e. The van der Waals surface area contributed by atoms with Crippen LogP contribution in [-0.2, 0) is 14.8 Å². The molecule has 0 amide bonds. The van der Waals surface area contributed by atoms with Gasteiger partial charge in [0, 0.05) is 22.9 Å². The van der Waals surface area contributed by atoms with Crippen molar-refractivity contribution in [3.8, 4) is 0 Å². The quantitative estimate of drug-likeness (QED) is 0.639. The molecule has 1 aliphatic heterocycles. The van der Waals surface area contributed by atoms with Crippen molar-refractivity contribution >= 4 is 65.1 Å². The van der Waals surface area contributed by atoms with E-state index in [0.717, 1.165) is 0 Å². The van der Waals surface area contributed by atoms with E-state index in [0.29, 0.717) is 16.4 Å². The van der Waals surface area contributed by atoms with E-state index in [9.17, 15) is 8.42 Å². The number of nitrogens with zero attached hydrogens (tertiary/aromatic N) is 1. The first kappa shape index (κ1) is 17.0. The van der Waals surface area contributed by atoms with E-state index in [1.807, 2.05) is 0 Å². The molecule has 0 aromatic heterocycles. The van der Waals surface area contributed by atoms with Crippen LogP contribution >= 0.6 is 55.1 Å². The van der Waals surface area contributed by atoms with Gasteiger partial charge < -0.3 is 4.74 Å². The highest BCUT2D eigenvalue weighted by Crippen LogP contribution is 2.35. The number of ether oxygens (including phenoxy) is 1. The van der Waals surface area contributed by atoms with Crippen LogP contribution in [0.1, 0.15) is 0 Å². The summed E-state index contributed by atoms with van der Waals surface area (Å²) in [6.07, 6.45) is -0.175. The van der Waals surface area contributed by atoms with Crippen LogP contribution in [0.25, 0.3) is 0 Å². The highest BCUT2D eigenvalue weighted by molar-refractivity contribution is 9.10. The van der Waals surface area contributed by atoms with Crippen molar-refractivity contribution in [2.75, 3.05) is 25.0 Å². The van der Waals surface area contributed by atoms with Crippen molar-refractivity contribution in [1.82, 2.24) is 4.31 Å². The van der Waals surface area contributed by atoms with E-state index in [1.54, 1.807) is 0 Å². The molecule has 0 radical (unpaired) electrons. The van der Waals surface area contributed by atoms with Gasteiger partial charge in [0.25, 0.3) is 0 Å². The number of sulfonamides is 1. The standard InChI is InChI=1S/C11H11Br2Cl2NO3S/c12-5-8-6-16(1-2-19-8)20(17,18)11-9(14)3-7(13)4-10(11)15/h3-4,8H,1-2,5-6H2. The Labute approximate surface area is 144 Å². The number of rotatable bonds is 3. The molecule has 112 valence electrons. The molecule has 9 heteroatoms. The Morgan fingerprint density at radius 2 is 1.95 bits per heavy atom. The Morgan fingerprint density at radius 1 is 1.35 bits per heavy atom. The fraction of sp³-hybridized carbons (Fsp3) is 0.455. The first-order valence-corrected chi connectivity index (χ1v) is 9.79. The molecule has 1 aromatic rings. The molecule has 0 spiro atoms. The van der Waals surface area contributed by atoms with Crippen LogP contribution in [0.3, 0.4) is 0 Å². The maximum Gasteiger partial charge on any atom is 0.246 e. The van der Waals surface area contributed by atoms with Crippen molar-refractivity contribution in [2.24, 2.45) is 0 Å². The molecule has 0 saturated carbocycles. The number of hydrogen-bond donors (Lipinski definition) is 0. The van der Waals surface area contributed by atoms with Crippen molar-refractivity contribution in [3.63, 3.8) is 0 Å². The lowest BCUT2D eigenvalue weighted by Gasteiger charge is -2.31. The summed E-state index contributed by atoms with van der Waals surface area (Å²) in [7, 11) is -3.74. The maximum absolute atomic E-state index is 12.7. The predicted octanol–water partition coefficient (Wildman–Crippen LogP) is 3.54. The third-order valence-electron chi connectivity index (χ3n) is 2.83. The molecule has 0 aliphatic carbocycles. The Balaban J connectivity index is 2.40. The number of morpholine rings is 1. The first-order valence-electron chi connectivity index (χ1n) is 5.68. The van der Waals surface area contributed by atoms with Gasteiger partial charge in [-0.3, -0.25) is 0 Å². The van der Waals surface area contributed by atoms with Crippen LogP contribution in [-0.4, -0.2) is 43.9 Å². The normalized spacial score (nSPS) is 21.1. The fourth-order valence-electron chi connectivity index (χ4n) is 1.91. The average Bonchev–Trinajstić information content (AvgIpc) is 2.37. The van der Waals surface area contributed by atoms with E-state index in [1.165, 1.54) is 16.4 Å². The number of hydrogen-bond acceptors (Lipinski definition) is 3. The molecule has 1 heterocycles. The summed E-state index contributed by atoms with van der Waals surface area (Å²) in [5, 5.41) is 0.776. The van der Waals surface area contributed by atoms with Gasteiger partial charge in [-0.25, -0.2) is 8.42 Å². The van der Waals surface area contributed by atoms with Gasteiger partial charge in [0.15, 0.2) is 0 Å². The van der Waals surface area contributed by atoms with Crippen LogP contribution in [0.15, 0.2) is 21.5 Å². The zero-order valence-corrected chi connectivity index (χ0v) is 15.7. The minimum absolute atomic E-state index is 0.0562. The molecule has 2 rings (SSSR count). The predicted molar refractivity (Wildman–Crippen MR) is 86.5 cm³/mol. The van der Waals surface area contributed by atoms with Gasteiger partial charge in [-0.2, -0.15) is 4.31 Å². The molecule has 0 bridgehead atoms. The third kappa shape index (κ3) is 3.51. The third-order valence-corrected chi connectivity index (χ3v) is 6.80. The SMILES string of the molecule is O=S(=O)(c1c(Cl)cc(Br)cc1Cl)N1CCOC(CBr)C1. The van der Waals surface area contributed by atoms with Gasteiger partial charge in [0.2, 0.25) is 10.0 Å². The Bertz CT molecular complexity index is 589. The smallest absolute Gasteiger partial charge is 0.246 e. The molecule has 20 heavy (non-hydrogen) atoms. The maximum atomic E-state index is 12.7. The summed E-state index contributed by atoms with van der Waals surface area (Å²) >= 11 is 18.6. The summed E-state index contributed by atoms with van der Waals surface area (Å²) in [4.78, 5) is -0.0562. The van der Waals surface area contributed by atoms with Gasteiger partial charge in [-0.1, -0.05) is 55.1 Å². The molecule has 1 aromatic carbocycles. The Kier molecular flexibility index (Phi) is 5.79. The van der Waals surface area contributed by atoms with Gasteiger partial charge in [-0.05, 0) is 12.1 Å². The number of halogens is 4. The van der Waals surface area contributed by atoms with Crippen LogP contribution in [0.2, 0.25) is 10.0 Å². The van der Waals surface area contributed by atoms with E-state index in [2.05, 4.69) is 31.9 Å². The van der Waals surface area contributed by atoms with Crippen molar-refractivity contribution in [2.45, 2.75) is 11.0 Å².